The van der Waals surface area contributed by atoms with E-state index in [-0.39, 0.29) is 11.7 Å². The number of amides is 1. The van der Waals surface area contributed by atoms with Crippen molar-refractivity contribution in [1.82, 2.24) is 10.3 Å². The number of phenols is 1. The van der Waals surface area contributed by atoms with Crippen LogP contribution in [0.5, 0.6) is 5.75 Å². The fourth-order valence-corrected chi connectivity index (χ4v) is 5.16. The first-order valence-corrected chi connectivity index (χ1v) is 15.3. The third-order valence-corrected chi connectivity index (χ3v) is 7.47. The second-order valence-corrected chi connectivity index (χ2v) is 10.8. The van der Waals surface area contributed by atoms with Gasteiger partial charge in [-0.2, -0.15) is 0 Å². The summed E-state index contributed by atoms with van der Waals surface area (Å²) in [5.41, 5.74) is 2.15. The number of carbonyl (C=O) groups excluding carboxylic acids is 1. The van der Waals surface area contributed by atoms with Crippen molar-refractivity contribution in [3.05, 3.63) is 30.0 Å². The molecule has 0 bridgehead atoms. The number of benzene rings is 1. The summed E-state index contributed by atoms with van der Waals surface area (Å²) in [5.74, 6) is 0.432. The van der Waals surface area contributed by atoms with Crippen molar-refractivity contribution in [2.75, 3.05) is 6.54 Å². The third kappa shape index (κ3) is 13.9. The van der Waals surface area contributed by atoms with Crippen molar-refractivity contribution in [1.29, 1.82) is 0 Å². The summed E-state index contributed by atoms with van der Waals surface area (Å²) >= 11 is 0. The molecule has 4 heteroatoms. The van der Waals surface area contributed by atoms with Gasteiger partial charge >= 0.3 is 0 Å². The van der Waals surface area contributed by atoms with Gasteiger partial charge in [0.05, 0.1) is 0 Å². The van der Waals surface area contributed by atoms with Crippen molar-refractivity contribution in [3.63, 3.8) is 0 Å². The van der Waals surface area contributed by atoms with Gasteiger partial charge in [0, 0.05) is 30.1 Å². The highest BCUT2D eigenvalue weighted by atomic mass is 16.3. The van der Waals surface area contributed by atoms with Gasteiger partial charge in [0.2, 0.25) is 5.91 Å². The minimum atomic E-state index is 0.157. The normalized spacial score (nSPS) is 11.4. The lowest BCUT2D eigenvalue weighted by molar-refractivity contribution is -0.121. The lowest BCUT2D eigenvalue weighted by atomic mass is 10.0. The molecule has 2 aromatic rings. The van der Waals surface area contributed by atoms with Gasteiger partial charge in [-0.05, 0) is 36.6 Å². The van der Waals surface area contributed by atoms with Crippen LogP contribution in [0.3, 0.4) is 0 Å². The smallest absolute Gasteiger partial charge is 0.220 e. The Labute approximate surface area is 221 Å². The van der Waals surface area contributed by atoms with E-state index >= 15 is 0 Å². The van der Waals surface area contributed by atoms with E-state index in [0.717, 1.165) is 35.7 Å². The maximum Gasteiger partial charge on any atom is 0.220 e. The maximum atomic E-state index is 12.1. The van der Waals surface area contributed by atoms with E-state index in [0.29, 0.717) is 13.0 Å². The van der Waals surface area contributed by atoms with Crippen LogP contribution in [0, 0.1) is 0 Å². The van der Waals surface area contributed by atoms with Gasteiger partial charge < -0.3 is 15.4 Å². The van der Waals surface area contributed by atoms with E-state index in [9.17, 15) is 9.90 Å². The number of hydrogen-bond acceptors (Lipinski definition) is 2. The summed E-state index contributed by atoms with van der Waals surface area (Å²) in [7, 11) is 0. The zero-order valence-electron chi connectivity index (χ0n) is 23.2. The molecular formula is C32H54N2O2. The van der Waals surface area contributed by atoms with Crippen molar-refractivity contribution < 1.29 is 9.90 Å². The van der Waals surface area contributed by atoms with Gasteiger partial charge in [0.1, 0.15) is 5.75 Å². The van der Waals surface area contributed by atoms with E-state index in [1.807, 2.05) is 12.3 Å². The van der Waals surface area contributed by atoms with Crippen molar-refractivity contribution in [2.24, 2.45) is 0 Å². The molecule has 0 spiro atoms. The number of aromatic hydroxyl groups is 1. The molecule has 0 fully saturated rings. The number of phenolic OH excluding ortho intramolecular Hbond substituents is 1. The van der Waals surface area contributed by atoms with Gasteiger partial charge in [0.15, 0.2) is 0 Å². The predicted octanol–water partition coefficient (Wildman–Crippen LogP) is 9.35. The molecule has 0 atom stereocenters. The van der Waals surface area contributed by atoms with Gasteiger partial charge in [0.25, 0.3) is 0 Å². The topological polar surface area (TPSA) is 65.1 Å². The van der Waals surface area contributed by atoms with Gasteiger partial charge in [-0.25, -0.2) is 0 Å². The lowest BCUT2D eigenvalue weighted by Crippen LogP contribution is -2.25. The Morgan fingerprint density at radius 1 is 0.750 bits per heavy atom. The zero-order valence-corrected chi connectivity index (χ0v) is 23.2. The van der Waals surface area contributed by atoms with Crippen LogP contribution >= 0.6 is 0 Å². The first kappa shape index (κ1) is 30.3. The Morgan fingerprint density at radius 3 is 1.78 bits per heavy atom. The Hall–Kier alpha value is -1.97. The van der Waals surface area contributed by atoms with E-state index in [2.05, 4.69) is 17.2 Å². The highest BCUT2D eigenvalue weighted by Gasteiger charge is 2.06. The molecule has 0 radical (unpaired) electrons. The summed E-state index contributed by atoms with van der Waals surface area (Å²) in [6.07, 6.45) is 29.4. The molecule has 1 amide bonds. The lowest BCUT2D eigenvalue weighted by Gasteiger charge is -2.06. The van der Waals surface area contributed by atoms with Crippen molar-refractivity contribution >= 4 is 16.8 Å². The van der Waals surface area contributed by atoms with E-state index in [1.54, 1.807) is 12.1 Å². The SMILES string of the molecule is CCCCCCCCCCCCCCCCCCCCCC(=O)NCCc1c[nH]c2ccc(O)cc12. The molecule has 0 aliphatic heterocycles. The summed E-state index contributed by atoms with van der Waals surface area (Å²) < 4.78 is 0. The third-order valence-electron chi connectivity index (χ3n) is 7.47. The highest BCUT2D eigenvalue weighted by Crippen LogP contribution is 2.23. The summed E-state index contributed by atoms with van der Waals surface area (Å²) in [6, 6.07) is 5.35. The summed E-state index contributed by atoms with van der Waals surface area (Å²) in [6.45, 7) is 2.93. The fraction of sp³-hybridized carbons (Fsp3) is 0.719. The molecule has 3 N–H and O–H groups in total. The number of aromatic nitrogens is 1. The first-order chi connectivity index (χ1) is 17.7. The predicted molar refractivity (Wildman–Crippen MR) is 155 cm³/mol. The molecule has 0 unspecified atom stereocenters. The van der Waals surface area contributed by atoms with Gasteiger partial charge in [-0.3, -0.25) is 4.79 Å². The quantitative estimate of drug-likeness (QED) is 0.134. The molecule has 0 aliphatic carbocycles. The number of unbranched alkanes of at least 4 members (excludes halogenated alkanes) is 18. The minimum absolute atomic E-state index is 0.157. The number of fused-ring (bicyclic) bond motifs is 1. The molecule has 2 rings (SSSR count). The average molecular weight is 499 g/mol. The summed E-state index contributed by atoms with van der Waals surface area (Å²) in [4.78, 5) is 15.3. The number of hydrogen-bond donors (Lipinski definition) is 3. The average Bonchev–Trinajstić information content (AvgIpc) is 3.27. The van der Waals surface area contributed by atoms with Crippen LogP contribution in [-0.2, 0) is 11.2 Å². The first-order valence-electron chi connectivity index (χ1n) is 15.3. The Balaban J connectivity index is 1.30. The van der Waals surface area contributed by atoms with Crippen LogP contribution in [0.1, 0.15) is 141 Å². The molecule has 0 saturated heterocycles. The molecular weight excluding hydrogens is 444 g/mol. The van der Waals surface area contributed by atoms with Crippen LogP contribution in [0.4, 0.5) is 0 Å². The fourth-order valence-electron chi connectivity index (χ4n) is 5.16. The molecule has 1 heterocycles. The molecule has 204 valence electrons. The highest BCUT2D eigenvalue weighted by molar-refractivity contribution is 5.84. The molecule has 1 aromatic heterocycles. The van der Waals surface area contributed by atoms with E-state index < -0.39 is 0 Å². The van der Waals surface area contributed by atoms with E-state index in [4.69, 9.17) is 0 Å². The number of aromatic amines is 1. The molecule has 0 aliphatic rings. The van der Waals surface area contributed by atoms with Gasteiger partial charge in [-0.1, -0.05) is 122 Å². The van der Waals surface area contributed by atoms with E-state index in [1.165, 1.54) is 109 Å². The molecule has 36 heavy (non-hydrogen) atoms. The molecule has 4 nitrogen and oxygen atoms in total. The Morgan fingerprint density at radius 2 is 1.25 bits per heavy atom. The Bertz CT molecular complexity index is 814. The van der Waals surface area contributed by atoms with Crippen LogP contribution in [0.15, 0.2) is 24.4 Å². The second kappa shape index (κ2) is 20.1. The number of rotatable bonds is 23. The van der Waals surface area contributed by atoms with Crippen molar-refractivity contribution in [2.45, 2.75) is 142 Å². The second-order valence-electron chi connectivity index (χ2n) is 10.8. The Kier molecular flexibility index (Phi) is 16.9. The maximum absolute atomic E-state index is 12.1. The van der Waals surface area contributed by atoms with Crippen LogP contribution < -0.4 is 5.32 Å². The van der Waals surface area contributed by atoms with Crippen molar-refractivity contribution in [3.8, 4) is 5.75 Å². The van der Waals surface area contributed by atoms with Crippen LogP contribution in [0.2, 0.25) is 0 Å². The monoisotopic (exact) mass is 498 g/mol. The molecule has 0 saturated carbocycles. The zero-order chi connectivity index (χ0) is 25.7. The van der Waals surface area contributed by atoms with Crippen LogP contribution in [-0.4, -0.2) is 22.5 Å². The van der Waals surface area contributed by atoms with Crippen LogP contribution in [0.25, 0.3) is 10.9 Å². The largest absolute Gasteiger partial charge is 0.508 e. The number of carbonyl (C=O) groups is 1. The van der Waals surface area contributed by atoms with Gasteiger partial charge in [-0.15, -0.1) is 0 Å². The standard InChI is InChI=1S/C32H54N2O2/c1-2-3-4-5-6-7-8-9-10-11-12-13-14-15-16-17-18-19-20-21-32(36)33-25-24-28-27-34-31-23-22-29(35)26-30(28)31/h22-23,26-27,34-35H,2-21,24-25H2,1H3,(H,33,36). The minimum Gasteiger partial charge on any atom is -0.508 e. The molecule has 1 aromatic carbocycles. The number of nitrogens with one attached hydrogen (secondary N) is 2. The summed E-state index contributed by atoms with van der Waals surface area (Å²) in [5, 5.41) is 13.8. The number of H-pyrrole nitrogens is 1.